The molecular weight excluding hydrogens is 274 g/mol. The van der Waals surface area contributed by atoms with Gasteiger partial charge in [-0.1, -0.05) is 12.1 Å². The van der Waals surface area contributed by atoms with Gasteiger partial charge in [-0.2, -0.15) is 0 Å². The third kappa shape index (κ3) is 3.79. The van der Waals surface area contributed by atoms with E-state index in [1.807, 2.05) is 29.6 Å². The molecule has 0 fully saturated rings. The predicted octanol–water partition coefficient (Wildman–Crippen LogP) is 1.43. The van der Waals surface area contributed by atoms with Crippen LogP contribution >= 0.6 is 11.3 Å². The number of thiazole rings is 1. The first-order chi connectivity index (χ1) is 9.70. The predicted molar refractivity (Wildman–Crippen MR) is 80.4 cm³/mol. The molecule has 1 heterocycles. The van der Waals surface area contributed by atoms with Crippen molar-refractivity contribution >= 4 is 22.9 Å². The van der Waals surface area contributed by atoms with Crippen LogP contribution in [0.5, 0.6) is 0 Å². The number of carbonyl (C=O) groups is 1. The van der Waals surface area contributed by atoms with E-state index in [2.05, 4.69) is 10.3 Å². The molecule has 0 aliphatic heterocycles. The number of hydrogen-bond acceptors (Lipinski definition) is 5. The van der Waals surface area contributed by atoms with E-state index in [-0.39, 0.29) is 18.9 Å². The lowest BCUT2D eigenvalue weighted by molar-refractivity contribution is -0.120. The number of rotatable bonds is 6. The van der Waals surface area contributed by atoms with Crippen LogP contribution in [-0.4, -0.2) is 29.1 Å². The highest BCUT2D eigenvalue weighted by molar-refractivity contribution is 7.13. The van der Waals surface area contributed by atoms with Crippen molar-refractivity contribution in [1.29, 1.82) is 0 Å². The van der Waals surface area contributed by atoms with Crippen LogP contribution in [-0.2, 0) is 11.2 Å². The first kappa shape index (κ1) is 14.5. The second kappa shape index (κ2) is 7.02. The van der Waals surface area contributed by atoms with E-state index in [0.29, 0.717) is 18.7 Å². The van der Waals surface area contributed by atoms with Gasteiger partial charge in [0.2, 0.25) is 5.91 Å². The number of anilines is 1. The molecule has 0 saturated carbocycles. The zero-order chi connectivity index (χ0) is 14.4. The Morgan fingerprint density at radius 2 is 2.20 bits per heavy atom. The van der Waals surface area contributed by atoms with Gasteiger partial charge < -0.3 is 16.2 Å². The van der Waals surface area contributed by atoms with Gasteiger partial charge >= 0.3 is 0 Å². The number of aliphatic hydroxyl groups is 1. The molecule has 0 saturated heterocycles. The average molecular weight is 291 g/mol. The van der Waals surface area contributed by atoms with E-state index in [1.54, 1.807) is 0 Å². The van der Waals surface area contributed by atoms with E-state index < -0.39 is 0 Å². The molecule has 1 amide bonds. The fourth-order valence-electron chi connectivity index (χ4n) is 1.74. The molecule has 106 valence electrons. The Kier molecular flexibility index (Phi) is 5.09. The number of nitrogens with zero attached hydrogens (tertiary/aromatic N) is 1. The van der Waals surface area contributed by atoms with Gasteiger partial charge in [0, 0.05) is 29.8 Å². The highest BCUT2D eigenvalue weighted by Gasteiger charge is 2.10. The van der Waals surface area contributed by atoms with Gasteiger partial charge in [0.05, 0.1) is 12.1 Å². The summed E-state index contributed by atoms with van der Waals surface area (Å²) in [5, 5.41) is 14.1. The Morgan fingerprint density at radius 3 is 2.95 bits per heavy atom. The Hall–Kier alpha value is -1.92. The number of nitrogen functional groups attached to an aromatic ring is 1. The monoisotopic (exact) mass is 291 g/mol. The Balaban J connectivity index is 1.99. The van der Waals surface area contributed by atoms with Crippen molar-refractivity contribution in [2.45, 2.75) is 12.8 Å². The van der Waals surface area contributed by atoms with Gasteiger partial charge in [-0.05, 0) is 18.6 Å². The summed E-state index contributed by atoms with van der Waals surface area (Å²) in [6, 6.07) is 7.54. The summed E-state index contributed by atoms with van der Waals surface area (Å²) in [4.78, 5) is 16.1. The highest BCUT2D eigenvalue weighted by atomic mass is 32.1. The highest BCUT2D eigenvalue weighted by Crippen LogP contribution is 2.28. The van der Waals surface area contributed by atoms with Crippen molar-refractivity contribution in [3.05, 3.63) is 35.3 Å². The number of nitrogens with one attached hydrogen (secondary N) is 1. The summed E-state index contributed by atoms with van der Waals surface area (Å²) in [5.41, 5.74) is 8.21. The van der Waals surface area contributed by atoms with Crippen LogP contribution in [0.25, 0.3) is 10.6 Å². The number of amides is 1. The van der Waals surface area contributed by atoms with Crippen LogP contribution in [0.3, 0.4) is 0 Å². The van der Waals surface area contributed by atoms with E-state index in [9.17, 15) is 4.79 Å². The van der Waals surface area contributed by atoms with Crippen LogP contribution in [0.4, 0.5) is 5.69 Å². The van der Waals surface area contributed by atoms with Crippen molar-refractivity contribution in [1.82, 2.24) is 10.3 Å². The number of nitrogens with two attached hydrogens (primary N) is 1. The van der Waals surface area contributed by atoms with Crippen molar-refractivity contribution < 1.29 is 9.90 Å². The molecule has 0 radical (unpaired) electrons. The fraction of sp³-hybridized carbons (Fsp3) is 0.286. The molecule has 0 atom stereocenters. The number of benzene rings is 1. The minimum Gasteiger partial charge on any atom is -0.398 e. The second-order valence-electron chi connectivity index (χ2n) is 4.34. The maximum atomic E-state index is 11.6. The number of para-hydroxylation sites is 1. The van der Waals surface area contributed by atoms with Crippen LogP contribution in [0, 0.1) is 0 Å². The first-order valence-electron chi connectivity index (χ1n) is 6.37. The smallest absolute Gasteiger partial charge is 0.226 e. The quantitative estimate of drug-likeness (QED) is 0.555. The Bertz CT molecular complexity index is 583. The lowest BCUT2D eigenvalue weighted by Gasteiger charge is -2.02. The van der Waals surface area contributed by atoms with E-state index in [1.165, 1.54) is 11.3 Å². The molecule has 0 aliphatic carbocycles. The van der Waals surface area contributed by atoms with Crippen molar-refractivity contribution in [3.63, 3.8) is 0 Å². The first-order valence-corrected chi connectivity index (χ1v) is 7.25. The number of carbonyl (C=O) groups excluding carboxylic acids is 1. The van der Waals surface area contributed by atoms with Crippen LogP contribution in [0.2, 0.25) is 0 Å². The van der Waals surface area contributed by atoms with Gasteiger partial charge in [0.25, 0.3) is 0 Å². The van der Waals surface area contributed by atoms with E-state index >= 15 is 0 Å². The molecule has 0 bridgehead atoms. The fourth-order valence-corrected chi connectivity index (χ4v) is 2.60. The molecule has 0 spiro atoms. The van der Waals surface area contributed by atoms with Gasteiger partial charge in [-0.25, -0.2) is 4.98 Å². The van der Waals surface area contributed by atoms with Crippen molar-refractivity contribution in [2.24, 2.45) is 0 Å². The molecule has 4 N–H and O–H groups in total. The minimum absolute atomic E-state index is 0.0778. The molecule has 20 heavy (non-hydrogen) atoms. The van der Waals surface area contributed by atoms with Crippen LogP contribution in [0.15, 0.2) is 29.6 Å². The Morgan fingerprint density at radius 1 is 1.40 bits per heavy atom. The summed E-state index contributed by atoms with van der Waals surface area (Å²) in [6.07, 6.45) is 0.809. The van der Waals surface area contributed by atoms with Crippen LogP contribution in [0.1, 0.15) is 12.1 Å². The van der Waals surface area contributed by atoms with E-state index in [0.717, 1.165) is 16.3 Å². The summed E-state index contributed by atoms with van der Waals surface area (Å²) >= 11 is 1.48. The van der Waals surface area contributed by atoms with Gasteiger partial charge in [0.15, 0.2) is 0 Å². The second-order valence-corrected chi connectivity index (χ2v) is 5.19. The third-order valence-corrected chi connectivity index (χ3v) is 3.67. The van der Waals surface area contributed by atoms with Gasteiger partial charge in [-0.3, -0.25) is 4.79 Å². The number of aliphatic hydroxyl groups excluding tert-OH is 1. The molecule has 1 aromatic heterocycles. The molecule has 2 rings (SSSR count). The zero-order valence-electron chi connectivity index (χ0n) is 11.0. The molecule has 0 unspecified atom stereocenters. The van der Waals surface area contributed by atoms with E-state index in [4.69, 9.17) is 10.8 Å². The summed E-state index contributed by atoms with van der Waals surface area (Å²) in [5.74, 6) is -0.0867. The standard InChI is InChI=1S/C14H17N3O2S/c15-12-5-2-1-4-11(12)14-17-10(9-20-14)8-13(19)16-6-3-7-18/h1-2,4-5,9,18H,3,6-8,15H2,(H,16,19). The summed E-state index contributed by atoms with van der Waals surface area (Å²) in [6.45, 7) is 0.562. The lowest BCUT2D eigenvalue weighted by Crippen LogP contribution is -2.26. The van der Waals surface area contributed by atoms with Crippen molar-refractivity contribution in [3.8, 4) is 10.6 Å². The molecule has 1 aromatic carbocycles. The van der Waals surface area contributed by atoms with Crippen LogP contribution < -0.4 is 11.1 Å². The maximum Gasteiger partial charge on any atom is 0.226 e. The molecular formula is C14H17N3O2S. The number of hydrogen-bond donors (Lipinski definition) is 3. The topological polar surface area (TPSA) is 88.2 Å². The summed E-state index contributed by atoms with van der Waals surface area (Å²) in [7, 11) is 0. The maximum absolute atomic E-state index is 11.6. The van der Waals surface area contributed by atoms with Gasteiger partial charge in [-0.15, -0.1) is 11.3 Å². The average Bonchev–Trinajstić information content (AvgIpc) is 2.88. The van der Waals surface area contributed by atoms with Crippen molar-refractivity contribution in [2.75, 3.05) is 18.9 Å². The molecule has 0 aliphatic rings. The molecule has 6 heteroatoms. The SMILES string of the molecule is Nc1ccccc1-c1nc(CC(=O)NCCCO)cs1. The summed E-state index contributed by atoms with van der Waals surface area (Å²) < 4.78 is 0. The zero-order valence-corrected chi connectivity index (χ0v) is 11.8. The normalized spacial score (nSPS) is 10.4. The Labute approximate surface area is 121 Å². The third-order valence-electron chi connectivity index (χ3n) is 2.74. The minimum atomic E-state index is -0.0867. The molecule has 5 nitrogen and oxygen atoms in total. The lowest BCUT2D eigenvalue weighted by atomic mass is 10.2. The van der Waals surface area contributed by atoms with Gasteiger partial charge in [0.1, 0.15) is 5.01 Å². The molecule has 2 aromatic rings. The largest absolute Gasteiger partial charge is 0.398 e. The number of aromatic nitrogens is 1.